The summed E-state index contributed by atoms with van der Waals surface area (Å²) in [5.41, 5.74) is 16.3. The third-order valence-electron chi connectivity index (χ3n) is 13.7. The molecule has 0 fully saturated rings. The summed E-state index contributed by atoms with van der Waals surface area (Å²) in [4.78, 5) is 0. The maximum Gasteiger partial charge on any atom is 0.253 e. The Labute approximate surface area is 334 Å². The van der Waals surface area contributed by atoms with E-state index in [1.807, 2.05) is 0 Å². The van der Waals surface area contributed by atoms with Crippen LogP contribution in [0.2, 0.25) is 0 Å². The van der Waals surface area contributed by atoms with Gasteiger partial charge in [-0.3, -0.25) is 0 Å². The van der Waals surface area contributed by atoms with Crippen LogP contribution in [0.4, 0.5) is 0 Å². The Morgan fingerprint density at radius 3 is 1.40 bits per heavy atom. The Kier molecular flexibility index (Phi) is 6.19. The van der Waals surface area contributed by atoms with Gasteiger partial charge in [-0.25, -0.2) is 0 Å². The first kappa shape index (κ1) is 33.4. The molecule has 4 heterocycles. The summed E-state index contributed by atoms with van der Waals surface area (Å²) in [5, 5.41) is 13.4. The van der Waals surface area contributed by atoms with Crippen LogP contribution >= 0.6 is 0 Å². The largest absolute Gasteiger partial charge is 0.310 e. The van der Waals surface area contributed by atoms with Crippen LogP contribution in [0.1, 0.15) is 79.0 Å². The summed E-state index contributed by atoms with van der Waals surface area (Å²) in [5.74, 6) is 0. The molecule has 0 bridgehead atoms. The quantitative estimate of drug-likeness (QED) is 0.108. The molecule has 2 aromatic heterocycles. The Hall–Kier alpha value is -5.80. The predicted molar refractivity (Wildman–Crippen MR) is 248 cm³/mol. The third-order valence-corrected chi connectivity index (χ3v) is 13.7. The van der Waals surface area contributed by atoms with Crippen molar-refractivity contribution in [3.8, 4) is 11.4 Å². The first-order valence-electron chi connectivity index (χ1n) is 20.8. The van der Waals surface area contributed by atoms with E-state index in [1.165, 1.54) is 120 Å². The van der Waals surface area contributed by atoms with Crippen molar-refractivity contribution in [2.24, 2.45) is 0 Å². The fourth-order valence-electron chi connectivity index (χ4n) is 10.8. The van der Waals surface area contributed by atoms with Crippen LogP contribution in [-0.2, 0) is 16.2 Å². The summed E-state index contributed by atoms with van der Waals surface area (Å²) >= 11 is 0. The summed E-state index contributed by atoms with van der Waals surface area (Å²) in [6.45, 7) is 21.2. The molecule has 3 heteroatoms. The van der Waals surface area contributed by atoms with E-state index in [1.54, 1.807) is 0 Å². The molecule has 8 aromatic carbocycles. The van der Waals surface area contributed by atoms with E-state index in [0.29, 0.717) is 0 Å². The second-order valence-corrected chi connectivity index (χ2v) is 20.2. The van der Waals surface area contributed by atoms with Crippen LogP contribution in [0, 0.1) is 0 Å². The zero-order valence-electron chi connectivity index (χ0n) is 34.5. The zero-order chi connectivity index (χ0) is 39.1. The lowest BCUT2D eigenvalue weighted by atomic mass is 9.33. The second-order valence-electron chi connectivity index (χ2n) is 20.2. The van der Waals surface area contributed by atoms with Crippen molar-refractivity contribution < 1.29 is 0 Å². The number of nitrogens with zero attached hydrogens (tertiary/aromatic N) is 2. The van der Waals surface area contributed by atoms with Crippen LogP contribution in [0.3, 0.4) is 0 Å². The summed E-state index contributed by atoms with van der Waals surface area (Å²) in [7, 11) is 0. The molecule has 0 amide bonds. The van der Waals surface area contributed by atoms with Crippen molar-refractivity contribution in [1.29, 1.82) is 0 Å². The molecule has 0 aliphatic carbocycles. The second kappa shape index (κ2) is 10.6. The number of hydrogen-bond acceptors (Lipinski definition) is 0. The van der Waals surface area contributed by atoms with Crippen LogP contribution < -0.4 is 16.4 Å². The predicted octanol–water partition coefficient (Wildman–Crippen LogP) is 12.4. The molecule has 0 atom stereocenters. The topological polar surface area (TPSA) is 9.86 Å². The minimum Gasteiger partial charge on any atom is -0.310 e. The Morgan fingerprint density at radius 2 is 0.842 bits per heavy atom. The molecule has 2 aliphatic heterocycles. The van der Waals surface area contributed by atoms with Gasteiger partial charge in [-0.2, -0.15) is 0 Å². The van der Waals surface area contributed by atoms with Gasteiger partial charge in [0.05, 0.1) is 16.6 Å². The van der Waals surface area contributed by atoms with E-state index in [0.717, 1.165) is 0 Å². The van der Waals surface area contributed by atoms with Gasteiger partial charge in [-0.15, -0.1) is 0 Å². The van der Waals surface area contributed by atoms with Crippen LogP contribution in [-0.4, -0.2) is 15.8 Å². The molecule has 0 saturated heterocycles. The lowest BCUT2D eigenvalue weighted by Gasteiger charge is -2.35. The highest BCUT2D eigenvalue weighted by atomic mass is 15.0. The van der Waals surface area contributed by atoms with Crippen molar-refractivity contribution in [2.75, 3.05) is 0 Å². The van der Waals surface area contributed by atoms with Crippen LogP contribution in [0.25, 0.3) is 87.3 Å². The monoisotopic (exact) mass is 734 g/mol. The maximum absolute atomic E-state index is 2.64. The molecule has 0 radical (unpaired) electrons. The molecule has 10 aromatic rings. The fraction of sp³-hybridized carbons (Fsp3) is 0.222. The van der Waals surface area contributed by atoms with E-state index >= 15 is 0 Å². The standard InChI is InChI=1S/C54H47BN2/c1-52(2,3)30-21-23-43-37(25-30)40-27-32(54(7,8)9)28-42-50(40)56(43)45-19-14-20-46-48(45)55(42)49-47-36-18-13-12-16-34(36)33-15-10-11-17-35(33)39(47)29-41-38-26-31(53(4,5)6)22-24-44(38)57(46)51(41)49/h10-29H,1-9H3. The normalized spacial score (nSPS) is 14.0. The van der Waals surface area contributed by atoms with Crippen molar-refractivity contribution in [3.63, 3.8) is 0 Å². The Morgan fingerprint density at radius 1 is 0.368 bits per heavy atom. The number of benzene rings is 8. The highest BCUT2D eigenvalue weighted by Gasteiger charge is 2.43. The van der Waals surface area contributed by atoms with Gasteiger partial charge in [0.2, 0.25) is 0 Å². The number of aromatic nitrogens is 2. The molecule has 276 valence electrons. The van der Waals surface area contributed by atoms with E-state index in [2.05, 4.69) is 193 Å². The molecule has 0 saturated carbocycles. The first-order chi connectivity index (χ1) is 27.2. The fourth-order valence-corrected chi connectivity index (χ4v) is 10.8. The van der Waals surface area contributed by atoms with Gasteiger partial charge in [0.25, 0.3) is 6.71 Å². The Bertz CT molecular complexity index is 3460. The Balaban J connectivity index is 1.37. The third kappa shape index (κ3) is 4.22. The molecule has 0 unspecified atom stereocenters. The molecule has 2 aliphatic rings. The van der Waals surface area contributed by atoms with Gasteiger partial charge in [-0.05, 0) is 130 Å². The van der Waals surface area contributed by atoms with E-state index in [-0.39, 0.29) is 23.0 Å². The van der Waals surface area contributed by atoms with Gasteiger partial charge in [0.1, 0.15) is 0 Å². The number of hydrogen-bond donors (Lipinski definition) is 0. The molecule has 0 spiro atoms. The molecule has 2 nitrogen and oxygen atoms in total. The molecule has 12 rings (SSSR count). The lowest BCUT2D eigenvalue weighted by Crippen LogP contribution is -2.59. The average molecular weight is 735 g/mol. The van der Waals surface area contributed by atoms with Gasteiger partial charge >= 0.3 is 0 Å². The van der Waals surface area contributed by atoms with Gasteiger partial charge < -0.3 is 9.13 Å². The maximum atomic E-state index is 2.64. The highest BCUT2D eigenvalue weighted by Crippen LogP contribution is 2.45. The number of fused-ring (bicyclic) bond motifs is 17. The number of rotatable bonds is 0. The van der Waals surface area contributed by atoms with Gasteiger partial charge in [-0.1, -0.05) is 135 Å². The van der Waals surface area contributed by atoms with Gasteiger partial charge in [0.15, 0.2) is 0 Å². The van der Waals surface area contributed by atoms with Gasteiger partial charge in [0, 0.05) is 38.4 Å². The SMILES string of the molecule is CC(C)(C)c1ccc2c(c1)c1cc(C(C)(C)C)cc3c1n2-c1cccc2c1B3c1c3c4ccccc4c4ccccc4c3cc3c4cc(C(C)(C)C)ccc4n-2c13. The molecular formula is C54H47BN2. The summed E-state index contributed by atoms with van der Waals surface area (Å²) in [6.07, 6.45) is 0. The molecular weight excluding hydrogens is 687 g/mol. The summed E-state index contributed by atoms with van der Waals surface area (Å²) < 4.78 is 5.27. The highest BCUT2D eigenvalue weighted by molar-refractivity contribution is 7.02. The van der Waals surface area contributed by atoms with E-state index in [4.69, 9.17) is 0 Å². The van der Waals surface area contributed by atoms with E-state index in [9.17, 15) is 0 Å². The van der Waals surface area contributed by atoms with Crippen LogP contribution in [0.15, 0.2) is 121 Å². The lowest BCUT2D eigenvalue weighted by molar-refractivity contribution is 0.590. The van der Waals surface area contributed by atoms with Crippen molar-refractivity contribution >= 4 is 99.0 Å². The zero-order valence-corrected chi connectivity index (χ0v) is 34.5. The minimum atomic E-state index is -0.0373. The summed E-state index contributed by atoms with van der Waals surface area (Å²) in [6, 6.07) is 47.6. The van der Waals surface area contributed by atoms with Crippen molar-refractivity contribution in [1.82, 2.24) is 9.13 Å². The average Bonchev–Trinajstić information content (AvgIpc) is 3.69. The molecule has 57 heavy (non-hydrogen) atoms. The van der Waals surface area contributed by atoms with Crippen molar-refractivity contribution in [2.45, 2.75) is 78.6 Å². The first-order valence-corrected chi connectivity index (χ1v) is 20.8. The van der Waals surface area contributed by atoms with Crippen molar-refractivity contribution in [3.05, 3.63) is 138 Å². The smallest absolute Gasteiger partial charge is 0.253 e. The molecule has 0 N–H and O–H groups in total. The van der Waals surface area contributed by atoms with Crippen LogP contribution in [0.5, 0.6) is 0 Å². The van der Waals surface area contributed by atoms with E-state index < -0.39 is 0 Å². The minimum absolute atomic E-state index is 0.0261.